The molecule has 0 spiro atoms. The van der Waals surface area contributed by atoms with E-state index in [0.29, 0.717) is 18.2 Å². The number of carbonyl (C=O) groups is 1. The van der Waals surface area contributed by atoms with Gasteiger partial charge in [-0.3, -0.25) is 9.79 Å². The number of rotatable bonds is 7. The van der Waals surface area contributed by atoms with Crippen LogP contribution >= 0.6 is 35.3 Å². The van der Waals surface area contributed by atoms with Gasteiger partial charge in [0.25, 0.3) is 0 Å². The van der Waals surface area contributed by atoms with E-state index in [1.807, 2.05) is 6.92 Å². The predicted molar refractivity (Wildman–Crippen MR) is 111 cm³/mol. The summed E-state index contributed by atoms with van der Waals surface area (Å²) < 4.78 is 6.03. The first-order valence-electron chi connectivity index (χ1n) is 7.85. The topological polar surface area (TPSA) is 106 Å². The number of thiazole rings is 1. The molecule has 11 heteroatoms. The molecule has 2 aromatic rings. The molecule has 0 aliphatic carbocycles. The molecule has 0 atom stereocenters. The number of guanidine groups is 1. The monoisotopic (exact) mass is 493 g/mol. The third kappa shape index (κ3) is 6.86. The predicted octanol–water partition coefficient (Wildman–Crippen LogP) is 1.05. The minimum atomic E-state index is -0.366. The summed E-state index contributed by atoms with van der Waals surface area (Å²) in [7, 11) is 3.05. The van der Waals surface area contributed by atoms with Gasteiger partial charge in [-0.2, -0.15) is 0 Å². The Kier molecular flexibility index (Phi) is 9.48. The second-order valence-corrected chi connectivity index (χ2v) is 6.62. The Morgan fingerprint density at radius 2 is 2.15 bits per heavy atom. The van der Waals surface area contributed by atoms with E-state index in [9.17, 15) is 4.79 Å². The molecule has 0 aliphatic heterocycles. The van der Waals surface area contributed by atoms with Gasteiger partial charge in [0.2, 0.25) is 0 Å². The minimum Gasteiger partial charge on any atom is -0.468 e. The number of ether oxygens (including phenoxy) is 1. The highest BCUT2D eigenvalue weighted by atomic mass is 127. The van der Waals surface area contributed by atoms with Crippen LogP contribution < -0.4 is 10.6 Å². The van der Waals surface area contributed by atoms with Gasteiger partial charge < -0.3 is 15.4 Å². The maximum Gasteiger partial charge on any atom is 0.327 e. The summed E-state index contributed by atoms with van der Waals surface area (Å²) in [5, 5.41) is 15.4. The summed E-state index contributed by atoms with van der Waals surface area (Å²) in [6.45, 7) is 5.34. The van der Waals surface area contributed by atoms with Crippen molar-refractivity contribution in [1.29, 1.82) is 0 Å². The van der Waals surface area contributed by atoms with Gasteiger partial charge in [0, 0.05) is 24.9 Å². The molecule has 0 unspecified atom stereocenters. The number of aromatic nitrogens is 4. The molecular formula is C15H24IN7O2S. The largest absolute Gasteiger partial charge is 0.468 e. The van der Waals surface area contributed by atoms with Crippen molar-refractivity contribution in [2.45, 2.75) is 33.4 Å². The van der Waals surface area contributed by atoms with Crippen molar-refractivity contribution in [2.24, 2.45) is 4.99 Å². The summed E-state index contributed by atoms with van der Waals surface area (Å²) >= 11 is 1.72. The standard InChI is InChI=1S/C15H23N7O2S.HI/c1-10-11(2)25-13(19-10)5-6-17-15(16-3)18-7-12-8-22(21-20-12)9-14(23)24-4;/h8H,5-7,9H2,1-4H3,(H2,16,17,18);1H. The van der Waals surface area contributed by atoms with E-state index in [0.717, 1.165) is 23.7 Å². The second-order valence-electron chi connectivity index (χ2n) is 5.34. The zero-order valence-electron chi connectivity index (χ0n) is 15.3. The van der Waals surface area contributed by atoms with Gasteiger partial charge in [-0.1, -0.05) is 5.21 Å². The molecule has 0 bridgehead atoms. The van der Waals surface area contributed by atoms with Crippen molar-refractivity contribution in [2.75, 3.05) is 20.7 Å². The van der Waals surface area contributed by atoms with Gasteiger partial charge >= 0.3 is 5.97 Å². The maximum absolute atomic E-state index is 11.2. The van der Waals surface area contributed by atoms with Crippen LogP contribution in [0.4, 0.5) is 0 Å². The molecule has 0 saturated carbocycles. The summed E-state index contributed by atoms with van der Waals surface area (Å²) in [6.07, 6.45) is 2.54. The van der Waals surface area contributed by atoms with Crippen LogP contribution in [0.1, 0.15) is 21.3 Å². The van der Waals surface area contributed by atoms with E-state index >= 15 is 0 Å². The van der Waals surface area contributed by atoms with Crippen LogP contribution in [0, 0.1) is 13.8 Å². The van der Waals surface area contributed by atoms with Crippen molar-refractivity contribution >= 4 is 47.2 Å². The Bertz CT molecular complexity index is 725. The molecule has 26 heavy (non-hydrogen) atoms. The number of aliphatic imine (C=N–C) groups is 1. The fourth-order valence-corrected chi connectivity index (χ4v) is 2.96. The number of nitrogens with one attached hydrogen (secondary N) is 2. The lowest BCUT2D eigenvalue weighted by Crippen LogP contribution is -2.37. The maximum atomic E-state index is 11.2. The highest BCUT2D eigenvalue weighted by Crippen LogP contribution is 2.16. The number of hydrogen-bond acceptors (Lipinski definition) is 7. The SMILES string of the molecule is CN=C(NCCc1nc(C)c(C)s1)NCc1cn(CC(=O)OC)nn1.I. The van der Waals surface area contributed by atoms with Gasteiger partial charge in [-0.25, -0.2) is 9.67 Å². The van der Waals surface area contributed by atoms with Crippen LogP contribution in [0.25, 0.3) is 0 Å². The van der Waals surface area contributed by atoms with Crippen LogP contribution in [-0.2, 0) is 29.0 Å². The molecule has 9 nitrogen and oxygen atoms in total. The fourth-order valence-electron chi connectivity index (χ4n) is 2.02. The van der Waals surface area contributed by atoms with Gasteiger partial charge in [0.15, 0.2) is 5.96 Å². The third-order valence-corrected chi connectivity index (χ3v) is 4.60. The Hall–Kier alpha value is -1.76. The van der Waals surface area contributed by atoms with Crippen molar-refractivity contribution in [3.05, 3.63) is 27.5 Å². The molecule has 2 rings (SSSR count). The molecule has 0 saturated heterocycles. The first kappa shape index (κ1) is 22.3. The first-order chi connectivity index (χ1) is 12.0. The first-order valence-corrected chi connectivity index (χ1v) is 8.66. The number of nitrogens with zero attached hydrogens (tertiary/aromatic N) is 5. The van der Waals surface area contributed by atoms with Crippen LogP contribution in [0.2, 0.25) is 0 Å². The Morgan fingerprint density at radius 1 is 1.38 bits per heavy atom. The normalized spacial score (nSPS) is 11.0. The summed E-state index contributed by atoms with van der Waals surface area (Å²) in [4.78, 5) is 21.2. The second kappa shape index (κ2) is 11.1. The zero-order valence-corrected chi connectivity index (χ0v) is 18.4. The van der Waals surface area contributed by atoms with Crippen molar-refractivity contribution < 1.29 is 9.53 Å². The molecule has 2 aromatic heterocycles. The minimum absolute atomic E-state index is 0. The molecule has 0 fully saturated rings. The lowest BCUT2D eigenvalue weighted by Gasteiger charge is -2.09. The molecule has 0 amide bonds. The van der Waals surface area contributed by atoms with Crippen LogP contribution in [0.5, 0.6) is 0 Å². The van der Waals surface area contributed by atoms with E-state index in [1.54, 1.807) is 24.6 Å². The average molecular weight is 493 g/mol. The van der Waals surface area contributed by atoms with E-state index in [1.165, 1.54) is 16.7 Å². The van der Waals surface area contributed by atoms with Crippen LogP contribution in [0.3, 0.4) is 0 Å². The zero-order chi connectivity index (χ0) is 18.2. The smallest absolute Gasteiger partial charge is 0.327 e. The summed E-state index contributed by atoms with van der Waals surface area (Å²) in [6, 6.07) is 0. The highest BCUT2D eigenvalue weighted by molar-refractivity contribution is 14.0. The summed E-state index contributed by atoms with van der Waals surface area (Å²) in [5.41, 5.74) is 1.80. The Balaban J connectivity index is 0.00000338. The molecule has 0 aromatic carbocycles. The highest BCUT2D eigenvalue weighted by Gasteiger charge is 2.07. The summed E-state index contributed by atoms with van der Waals surface area (Å²) in [5.74, 6) is 0.307. The quantitative estimate of drug-likeness (QED) is 0.257. The fraction of sp³-hybridized carbons (Fsp3) is 0.533. The molecular weight excluding hydrogens is 469 g/mol. The lowest BCUT2D eigenvalue weighted by molar-refractivity contribution is -0.141. The van der Waals surface area contributed by atoms with Crippen molar-refractivity contribution in [3.63, 3.8) is 0 Å². The number of carbonyl (C=O) groups excluding carboxylic acids is 1. The lowest BCUT2D eigenvalue weighted by atomic mass is 10.4. The number of methoxy groups -OCH3 is 1. The molecule has 144 valence electrons. The Morgan fingerprint density at radius 3 is 2.77 bits per heavy atom. The number of aryl methyl sites for hydroxylation is 2. The third-order valence-electron chi connectivity index (χ3n) is 3.47. The number of esters is 1. The van der Waals surface area contributed by atoms with Gasteiger partial charge in [-0.05, 0) is 13.8 Å². The van der Waals surface area contributed by atoms with E-state index < -0.39 is 0 Å². The van der Waals surface area contributed by atoms with Crippen molar-refractivity contribution in [3.8, 4) is 0 Å². The van der Waals surface area contributed by atoms with E-state index in [2.05, 4.69) is 42.6 Å². The van der Waals surface area contributed by atoms with Crippen molar-refractivity contribution in [1.82, 2.24) is 30.6 Å². The number of hydrogen-bond donors (Lipinski definition) is 2. The molecule has 2 N–H and O–H groups in total. The average Bonchev–Trinajstić information content (AvgIpc) is 3.17. The van der Waals surface area contributed by atoms with Crippen LogP contribution in [-0.4, -0.2) is 52.6 Å². The molecule has 0 radical (unpaired) electrons. The molecule has 0 aliphatic rings. The van der Waals surface area contributed by atoms with Gasteiger partial charge in [-0.15, -0.1) is 40.4 Å². The van der Waals surface area contributed by atoms with Crippen LogP contribution in [0.15, 0.2) is 11.2 Å². The Labute approximate surface area is 173 Å². The van der Waals surface area contributed by atoms with E-state index in [-0.39, 0.29) is 36.5 Å². The number of halogens is 1. The van der Waals surface area contributed by atoms with Gasteiger partial charge in [0.05, 0.1) is 30.6 Å². The van der Waals surface area contributed by atoms with E-state index in [4.69, 9.17) is 0 Å². The van der Waals surface area contributed by atoms with Gasteiger partial charge in [0.1, 0.15) is 12.2 Å². The molecule has 2 heterocycles.